The van der Waals surface area contributed by atoms with Gasteiger partial charge in [-0.15, -0.1) is 0 Å². The number of benzene rings is 1. The molecule has 1 heterocycles. The summed E-state index contributed by atoms with van der Waals surface area (Å²) in [4.78, 5) is 36.5. The normalized spacial score (nSPS) is 20.7. The first-order chi connectivity index (χ1) is 9.93. The number of rotatable bonds is 4. The first-order valence-electron chi connectivity index (χ1n) is 5.86. The third-order valence-corrected chi connectivity index (χ3v) is 3.08. The molecular weight excluding hydrogens is 280 g/mol. The summed E-state index contributed by atoms with van der Waals surface area (Å²) in [6, 6.07) is 4.07. The van der Waals surface area contributed by atoms with Crippen molar-refractivity contribution in [2.24, 2.45) is 10.9 Å². The Hall–Kier alpha value is -3.03. The summed E-state index contributed by atoms with van der Waals surface area (Å²) >= 11 is 0. The monoisotopic (exact) mass is 290 g/mol. The summed E-state index contributed by atoms with van der Waals surface area (Å²) in [7, 11) is 0. The highest BCUT2D eigenvalue weighted by molar-refractivity contribution is 6.02. The summed E-state index contributed by atoms with van der Waals surface area (Å²) in [6.45, 7) is 0. The predicted octanol–water partition coefficient (Wildman–Crippen LogP) is 1.22. The summed E-state index contributed by atoms with van der Waals surface area (Å²) < 4.78 is 0. The smallest absolute Gasteiger partial charge is 0.329 e. The minimum Gasteiger partial charge on any atom is -0.481 e. The molecule has 0 radical (unpaired) electrons. The van der Waals surface area contributed by atoms with E-state index in [1.807, 2.05) is 0 Å². The minimum absolute atomic E-state index is 0.0530. The van der Waals surface area contributed by atoms with Crippen LogP contribution in [0.25, 0.3) is 5.57 Å². The van der Waals surface area contributed by atoms with Crippen molar-refractivity contribution in [2.75, 3.05) is 0 Å². The summed E-state index contributed by atoms with van der Waals surface area (Å²) in [5, 5.41) is 29.4. The van der Waals surface area contributed by atoms with Crippen LogP contribution in [0.4, 0.5) is 5.69 Å². The fraction of sp³-hybridized carbons (Fsp3) is 0.154. The zero-order valence-electron chi connectivity index (χ0n) is 10.5. The number of dihydropyridines is 1. The summed E-state index contributed by atoms with van der Waals surface area (Å²) in [5.74, 6) is -4.28. The Morgan fingerprint density at radius 2 is 1.86 bits per heavy atom. The molecule has 0 bridgehead atoms. The Kier molecular flexibility index (Phi) is 3.79. The molecule has 1 aromatic carbocycles. The van der Waals surface area contributed by atoms with E-state index in [9.17, 15) is 24.8 Å². The number of aliphatic imine (C=N–C) groups is 1. The highest BCUT2D eigenvalue weighted by atomic mass is 16.6. The fourth-order valence-electron chi connectivity index (χ4n) is 2.18. The second kappa shape index (κ2) is 5.53. The van der Waals surface area contributed by atoms with E-state index in [-0.39, 0.29) is 16.8 Å². The van der Waals surface area contributed by atoms with E-state index in [4.69, 9.17) is 5.11 Å². The molecule has 8 heteroatoms. The van der Waals surface area contributed by atoms with Crippen LogP contribution in [-0.4, -0.2) is 39.3 Å². The van der Waals surface area contributed by atoms with Crippen molar-refractivity contribution in [1.29, 1.82) is 0 Å². The number of hydrogen-bond donors (Lipinski definition) is 2. The van der Waals surface area contributed by atoms with Crippen molar-refractivity contribution in [2.45, 2.75) is 6.04 Å². The molecule has 0 aliphatic carbocycles. The number of carbonyl (C=O) groups is 2. The fourth-order valence-corrected chi connectivity index (χ4v) is 2.18. The molecule has 108 valence electrons. The van der Waals surface area contributed by atoms with Crippen LogP contribution in [0.2, 0.25) is 0 Å². The number of hydrogen-bond acceptors (Lipinski definition) is 5. The van der Waals surface area contributed by atoms with Gasteiger partial charge in [0.1, 0.15) is 5.92 Å². The first kappa shape index (κ1) is 14.4. The van der Waals surface area contributed by atoms with Gasteiger partial charge in [0.2, 0.25) is 0 Å². The molecule has 2 unspecified atom stereocenters. The lowest BCUT2D eigenvalue weighted by Crippen LogP contribution is -2.36. The molecule has 1 aromatic rings. The molecule has 0 saturated heterocycles. The average molecular weight is 290 g/mol. The largest absolute Gasteiger partial charge is 0.481 e. The van der Waals surface area contributed by atoms with E-state index in [0.29, 0.717) is 0 Å². The lowest BCUT2D eigenvalue weighted by atomic mass is 9.84. The van der Waals surface area contributed by atoms with Crippen molar-refractivity contribution in [3.63, 3.8) is 0 Å². The van der Waals surface area contributed by atoms with Crippen molar-refractivity contribution >= 4 is 29.4 Å². The number of allylic oxidation sites excluding steroid dienone is 1. The lowest BCUT2D eigenvalue weighted by Gasteiger charge is -2.22. The van der Waals surface area contributed by atoms with Gasteiger partial charge in [0.05, 0.1) is 10.5 Å². The van der Waals surface area contributed by atoms with Gasteiger partial charge < -0.3 is 10.2 Å². The van der Waals surface area contributed by atoms with E-state index in [0.717, 1.165) is 6.21 Å². The number of carboxylic acid groups (broad SMARTS) is 2. The maximum absolute atomic E-state index is 11.4. The molecule has 1 aliphatic rings. The SMILES string of the molecule is O=C(O)C1N=CC=C(c2ccccc2[N+](=O)[O-])C1C(=O)O. The molecule has 21 heavy (non-hydrogen) atoms. The Morgan fingerprint density at radius 1 is 1.19 bits per heavy atom. The lowest BCUT2D eigenvalue weighted by molar-refractivity contribution is -0.385. The van der Waals surface area contributed by atoms with E-state index in [1.54, 1.807) is 0 Å². The summed E-state index contributed by atoms with van der Waals surface area (Å²) in [5.41, 5.74) is -0.154. The number of carboxylic acids is 2. The van der Waals surface area contributed by atoms with Crippen molar-refractivity contribution < 1.29 is 24.7 Å². The van der Waals surface area contributed by atoms with Crippen molar-refractivity contribution in [3.05, 3.63) is 46.0 Å². The summed E-state index contributed by atoms with van der Waals surface area (Å²) in [6.07, 6.45) is 2.45. The molecule has 0 fully saturated rings. The number of nitro benzene ring substituents is 1. The van der Waals surface area contributed by atoms with Gasteiger partial charge in [-0.25, -0.2) is 4.79 Å². The van der Waals surface area contributed by atoms with E-state index >= 15 is 0 Å². The molecule has 0 amide bonds. The number of para-hydroxylation sites is 1. The molecule has 0 spiro atoms. The minimum atomic E-state index is -1.51. The Labute approximate surface area is 118 Å². The van der Waals surface area contributed by atoms with Gasteiger partial charge in [0, 0.05) is 12.3 Å². The quantitative estimate of drug-likeness (QED) is 0.633. The van der Waals surface area contributed by atoms with Crippen LogP contribution >= 0.6 is 0 Å². The average Bonchev–Trinajstić information content (AvgIpc) is 2.46. The highest BCUT2D eigenvalue weighted by Crippen LogP contribution is 2.35. The molecule has 2 N–H and O–H groups in total. The second-order valence-electron chi connectivity index (χ2n) is 4.29. The van der Waals surface area contributed by atoms with Gasteiger partial charge in [0.25, 0.3) is 5.69 Å². The zero-order chi connectivity index (χ0) is 15.6. The van der Waals surface area contributed by atoms with Gasteiger partial charge in [-0.05, 0) is 17.7 Å². The van der Waals surface area contributed by atoms with Crippen LogP contribution in [-0.2, 0) is 9.59 Å². The van der Waals surface area contributed by atoms with Crippen LogP contribution < -0.4 is 0 Å². The standard InChI is InChI=1S/C13H10N2O6/c16-12(17)10-8(5-6-14-11(10)13(18)19)7-3-1-2-4-9(7)15(20)21/h1-6,10-11H,(H,16,17)(H,18,19). The Balaban J connectivity index is 2.59. The maximum Gasteiger partial charge on any atom is 0.329 e. The maximum atomic E-state index is 11.4. The van der Waals surface area contributed by atoms with Crippen LogP contribution in [0.15, 0.2) is 35.3 Å². The third-order valence-electron chi connectivity index (χ3n) is 3.08. The van der Waals surface area contributed by atoms with Crippen LogP contribution in [0, 0.1) is 16.0 Å². The highest BCUT2D eigenvalue weighted by Gasteiger charge is 2.39. The second-order valence-corrected chi connectivity index (χ2v) is 4.29. The van der Waals surface area contributed by atoms with Gasteiger partial charge in [0.15, 0.2) is 6.04 Å². The molecule has 2 atom stereocenters. The topological polar surface area (TPSA) is 130 Å². The first-order valence-corrected chi connectivity index (χ1v) is 5.86. The number of aliphatic carboxylic acids is 2. The van der Waals surface area contributed by atoms with E-state index in [2.05, 4.69) is 4.99 Å². The molecular formula is C13H10N2O6. The molecule has 8 nitrogen and oxygen atoms in total. The van der Waals surface area contributed by atoms with Crippen molar-refractivity contribution in [3.8, 4) is 0 Å². The van der Waals surface area contributed by atoms with Gasteiger partial charge >= 0.3 is 11.9 Å². The molecule has 0 aromatic heterocycles. The van der Waals surface area contributed by atoms with Gasteiger partial charge in [-0.1, -0.05) is 12.1 Å². The van der Waals surface area contributed by atoms with E-state index in [1.165, 1.54) is 30.3 Å². The number of nitrogens with zero attached hydrogens (tertiary/aromatic N) is 2. The van der Waals surface area contributed by atoms with E-state index < -0.39 is 28.8 Å². The van der Waals surface area contributed by atoms with Crippen LogP contribution in [0.1, 0.15) is 5.56 Å². The van der Waals surface area contributed by atoms with Crippen molar-refractivity contribution in [1.82, 2.24) is 0 Å². The van der Waals surface area contributed by atoms with Gasteiger partial charge in [-0.3, -0.25) is 19.9 Å². The Morgan fingerprint density at radius 3 is 2.43 bits per heavy atom. The molecule has 0 saturated carbocycles. The molecule has 2 rings (SSSR count). The Bertz CT molecular complexity index is 679. The third kappa shape index (κ3) is 2.64. The van der Waals surface area contributed by atoms with Crippen LogP contribution in [0.5, 0.6) is 0 Å². The molecule has 1 aliphatic heterocycles. The predicted molar refractivity (Wildman–Crippen MR) is 72.1 cm³/mol. The zero-order valence-corrected chi connectivity index (χ0v) is 10.5. The number of nitro groups is 1. The van der Waals surface area contributed by atoms with Crippen LogP contribution in [0.3, 0.4) is 0 Å². The van der Waals surface area contributed by atoms with Gasteiger partial charge in [-0.2, -0.15) is 0 Å².